The first kappa shape index (κ1) is 22.7. The number of methoxy groups -OCH3 is 2. The number of carbonyl (C=O) groups is 1. The standard InChI is InChI=1S/C21H28N2O5S/c1-6-15(3)20(23-29(25,26)17-10-7-14(2)8-11-17)21(24)22-18-13-16(27-4)9-12-19(18)28-5/h7-13,15,20,23H,6H2,1-5H3,(H,22,24)/t15-,20-/m0/s1. The molecule has 29 heavy (non-hydrogen) atoms. The third-order valence-corrected chi connectivity index (χ3v) is 6.23. The average molecular weight is 421 g/mol. The molecule has 8 heteroatoms. The van der Waals surface area contributed by atoms with Gasteiger partial charge in [0.2, 0.25) is 15.9 Å². The quantitative estimate of drug-likeness (QED) is 0.649. The van der Waals surface area contributed by atoms with E-state index in [1.807, 2.05) is 20.8 Å². The zero-order valence-electron chi connectivity index (χ0n) is 17.4. The van der Waals surface area contributed by atoms with Gasteiger partial charge < -0.3 is 14.8 Å². The number of benzene rings is 2. The first-order valence-electron chi connectivity index (χ1n) is 9.33. The Balaban J connectivity index is 2.30. The van der Waals surface area contributed by atoms with Crippen LogP contribution in [0.5, 0.6) is 11.5 Å². The van der Waals surface area contributed by atoms with E-state index in [1.54, 1.807) is 30.3 Å². The van der Waals surface area contributed by atoms with E-state index in [9.17, 15) is 13.2 Å². The lowest BCUT2D eigenvalue weighted by atomic mass is 9.99. The van der Waals surface area contributed by atoms with E-state index in [0.717, 1.165) is 5.56 Å². The predicted octanol–water partition coefficient (Wildman–Crippen LogP) is 3.34. The van der Waals surface area contributed by atoms with Crippen molar-refractivity contribution in [2.75, 3.05) is 19.5 Å². The highest BCUT2D eigenvalue weighted by Gasteiger charge is 2.30. The van der Waals surface area contributed by atoms with Crippen molar-refractivity contribution in [1.82, 2.24) is 4.72 Å². The highest BCUT2D eigenvalue weighted by atomic mass is 32.2. The zero-order valence-corrected chi connectivity index (χ0v) is 18.2. The Morgan fingerprint density at radius 1 is 1.07 bits per heavy atom. The molecule has 2 N–H and O–H groups in total. The van der Waals surface area contributed by atoms with Gasteiger partial charge >= 0.3 is 0 Å². The second-order valence-corrected chi connectivity index (χ2v) is 8.57. The van der Waals surface area contributed by atoms with E-state index < -0.39 is 22.0 Å². The number of amides is 1. The molecule has 1 amide bonds. The van der Waals surface area contributed by atoms with Crippen molar-refractivity contribution in [3.63, 3.8) is 0 Å². The van der Waals surface area contributed by atoms with Crippen molar-refractivity contribution in [3.05, 3.63) is 48.0 Å². The third-order valence-electron chi connectivity index (χ3n) is 4.77. The van der Waals surface area contributed by atoms with Crippen LogP contribution in [-0.2, 0) is 14.8 Å². The average Bonchev–Trinajstić information content (AvgIpc) is 2.71. The van der Waals surface area contributed by atoms with Gasteiger partial charge in [-0.2, -0.15) is 4.72 Å². The van der Waals surface area contributed by atoms with Crippen molar-refractivity contribution >= 4 is 21.6 Å². The molecule has 0 heterocycles. The zero-order chi connectivity index (χ0) is 21.6. The van der Waals surface area contributed by atoms with Gasteiger partial charge in [-0.1, -0.05) is 38.0 Å². The van der Waals surface area contributed by atoms with Gasteiger partial charge in [0.1, 0.15) is 17.5 Å². The van der Waals surface area contributed by atoms with E-state index in [2.05, 4.69) is 10.0 Å². The van der Waals surface area contributed by atoms with Crippen LogP contribution in [0.3, 0.4) is 0 Å². The molecule has 2 aromatic carbocycles. The fourth-order valence-corrected chi connectivity index (χ4v) is 4.04. The number of aryl methyl sites for hydroxylation is 1. The number of ether oxygens (including phenoxy) is 2. The number of sulfonamides is 1. The fourth-order valence-electron chi connectivity index (χ4n) is 2.74. The third kappa shape index (κ3) is 5.71. The molecular formula is C21H28N2O5S. The monoisotopic (exact) mass is 420 g/mol. The molecule has 0 aromatic heterocycles. The minimum atomic E-state index is -3.86. The Labute approximate surface area is 172 Å². The summed E-state index contributed by atoms with van der Waals surface area (Å²) < 4.78 is 38.7. The molecule has 0 unspecified atom stereocenters. The smallest absolute Gasteiger partial charge is 0.242 e. The molecule has 0 bridgehead atoms. The molecule has 0 aliphatic heterocycles. The Morgan fingerprint density at radius 3 is 2.28 bits per heavy atom. The lowest BCUT2D eigenvalue weighted by Gasteiger charge is -2.24. The summed E-state index contributed by atoms with van der Waals surface area (Å²) in [5.41, 5.74) is 1.35. The predicted molar refractivity (Wildman–Crippen MR) is 113 cm³/mol. The van der Waals surface area contributed by atoms with Gasteiger partial charge in [0.05, 0.1) is 24.8 Å². The molecular weight excluding hydrogens is 392 g/mol. The first-order valence-corrected chi connectivity index (χ1v) is 10.8. The Bertz CT molecular complexity index is 942. The highest BCUT2D eigenvalue weighted by molar-refractivity contribution is 7.89. The minimum absolute atomic E-state index is 0.114. The Morgan fingerprint density at radius 2 is 1.72 bits per heavy atom. The van der Waals surface area contributed by atoms with Crippen LogP contribution in [0.25, 0.3) is 0 Å². The van der Waals surface area contributed by atoms with Crippen LogP contribution in [-0.4, -0.2) is 34.6 Å². The van der Waals surface area contributed by atoms with E-state index in [0.29, 0.717) is 23.6 Å². The van der Waals surface area contributed by atoms with Gasteiger partial charge in [-0.05, 0) is 37.1 Å². The molecule has 158 valence electrons. The van der Waals surface area contributed by atoms with Crippen molar-refractivity contribution in [2.24, 2.45) is 5.92 Å². The van der Waals surface area contributed by atoms with Gasteiger partial charge in [0.15, 0.2) is 0 Å². The second kappa shape index (κ2) is 9.76. The van der Waals surface area contributed by atoms with E-state index in [1.165, 1.54) is 26.4 Å². The molecule has 0 aliphatic rings. The number of hydrogen-bond acceptors (Lipinski definition) is 5. The summed E-state index contributed by atoms with van der Waals surface area (Å²) in [6.07, 6.45) is 0.615. The number of carbonyl (C=O) groups excluding carboxylic acids is 1. The maximum atomic E-state index is 13.0. The van der Waals surface area contributed by atoms with Crippen LogP contribution in [0, 0.1) is 12.8 Å². The maximum absolute atomic E-state index is 13.0. The summed E-state index contributed by atoms with van der Waals surface area (Å²) in [4.78, 5) is 13.1. The largest absolute Gasteiger partial charge is 0.497 e. The van der Waals surface area contributed by atoms with Gasteiger partial charge in [0, 0.05) is 6.07 Å². The van der Waals surface area contributed by atoms with Crippen LogP contribution < -0.4 is 19.5 Å². The van der Waals surface area contributed by atoms with Crippen molar-refractivity contribution < 1.29 is 22.7 Å². The number of rotatable bonds is 9. The highest BCUT2D eigenvalue weighted by Crippen LogP contribution is 2.29. The molecule has 0 spiro atoms. The summed E-state index contributed by atoms with van der Waals surface area (Å²) >= 11 is 0. The SMILES string of the molecule is CC[C@H](C)[C@H](NS(=O)(=O)c1ccc(C)cc1)C(=O)Nc1cc(OC)ccc1OC. The lowest BCUT2D eigenvalue weighted by molar-refractivity contribution is -0.118. The van der Waals surface area contributed by atoms with Crippen LogP contribution in [0.1, 0.15) is 25.8 Å². The number of nitrogens with one attached hydrogen (secondary N) is 2. The van der Waals surface area contributed by atoms with Crippen molar-refractivity contribution in [2.45, 2.75) is 38.1 Å². The molecule has 0 aliphatic carbocycles. The summed E-state index contributed by atoms with van der Waals surface area (Å²) in [7, 11) is -0.855. The van der Waals surface area contributed by atoms with E-state index in [-0.39, 0.29) is 10.8 Å². The topological polar surface area (TPSA) is 93.7 Å². The molecule has 0 fully saturated rings. The molecule has 0 saturated carbocycles. The number of anilines is 1. The summed E-state index contributed by atoms with van der Waals surface area (Å²) in [5.74, 6) is 0.290. The maximum Gasteiger partial charge on any atom is 0.242 e. The Hall–Kier alpha value is -2.58. The van der Waals surface area contributed by atoms with Crippen molar-refractivity contribution in [3.8, 4) is 11.5 Å². The summed E-state index contributed by atoms with van der Waals surface area (Å²) in [6.45, 7) is 5.60. The van der Waals surface area contributed by atoms with Gasteiger partial charge in [0.25, 0.3) is 0 Å². The number of hydrogen-bond donors (Lipinski definition) is 2. The molecule has 2 rings (SSSR count). The van der Waals surface area contributed by atoms with Crippen molar-refractivity contribution in [1.29, 1.82) is 0 Å². The van der Waals surface area contributed by atoms with E-state index in [4.69, 9.17) is 9.47 Å². The molecule has 0 radical (unpaired) electrons. The lowest BCUT2D eigenvalue weighted by Crippen LogP contribution is -2.47. The molecule has 2 aromatic rings. The van der Waals surface area contributed by atoms with Crippen LogP contribution >= 0.6 is 0 Å². The van der Waals surface area contributed by atoms with Gasteiger partial charge in [-0.25, -0.2) is 8.42 Å². The van der Waals surface area contributed by atoms with E-state index >= 15 is 0 Å². The van der Waals surface area contributed by atoms with Crippen LogP contribution in [0.4, 0.5) is 5.69 Å². The Kier molecular flexibility index (Phi) is 7.64. The molecule has 7 nitrogen and oxygen atoms in total. The van der Waals surface area contributed by atoms with Gasteiger partial charge in [-0.3, -0.25) is 4.79 Å². The summed E-state index contributed by atoms with van der Waals surface area (Å²) in [6, 6.07) is 10.5. The molecule has 2 atom stereocenters. The van der Waals surface area contributed by atoms with Gasteiger partial charge in [-0.15, -0.1) is 0 Å². The normalized spacial score (nSPS) is 13.4. The minimum Gasteiger partial charge on any atom is -0.497 e. The van der Waals surface area contributed by atoms with Crippen LogP contribution in [0.2, 0.25) is 0 Å². The fraction of sp³-hybridized carbons (Fsp3) is 0.381. The molecule has 0 saturated heterocycles. The summed E-state index contributed by atoms with van der Waals surface area (Å²) in [5, 5.41) is 2.76. The first-order chi connectivity index (χ1) is 13.7. The van der Waals surface area contributed by atoms with Crippen LogP contribution in [0.15, 0.2) is 47.4 Å². The second-order valence-electron chi connectivity index (χ2n) is 6.85.